The number of halogens is 3. The molecule has 4 atom stereocenters. The fourth-order valence-corrected chi connectivity index (χ4v) is 5.81. The molecule has 6 rings (SSSR count). The third kappa shape index (κ3) is 5.44. The molecule has 0 saturated carbocycles. The number of hydrogen-bond donors (Lipinski definition) is 1. The van der Waals surface area contributed by atoms with Crippen molar-refractivity contribution in [2.75, 3.05) is 42.6 Å². The highest BCUT2D eigenvalue weighted by Crippen LogP contribution is 2.33. The molecule has 3 saturated heterocycles. The lowest BCUT2D eigenvalue weighted by molar-refractivity contribution is 0.103. The number of hydrogen-bond acceptors (Lipinski definition) is 10. The molecular weight excluding hydrogens is 527 g/mol. The SMILES string of the molecule is C[C@H](Oc1cnc(N2C[C@H](c3cc(F)c(F)cc3F)[C@@H](N)C2)nc1)C1CCN(c2nc([C@H]3CCCO3)no2)CC1. The Bertz CT molecular complexity index is 1310. The van der Waals surface area contributed by atoms with Crippen LogP contribution in [0.25, 0.3) is 0 Å². The quantitative estimate of drug-likeness (QED) is 0.429. The summed E-state index contributed by atoms with van der Waals surface area (Å²) in [5, 5.41) is 4.11. The normalized spacial score (nSPS) is 24.6. The van der Waals surface area contributed by atoms with Crippen LogP contribution in [0.1, 0.15) is 56.0 Å². The van der Waals surface area contributed by atoms with Crippen molar-refractivity contribution in [1.82, 2.24) is 20.1 Å². The number of nitrogens with two attached hydrogens (primary N) is 1. The average molecular weight is 560 g/mol. The van der Waals surface area contributed by atoms with Crippen LogP contribution in [0.2, 0.25) is 0 Å². The van der Waals surface area contributed by atoms with Crippen molar-refractivity contribution in [1.29, 1.82) is 0 Å². The molecule has 13 heteroatoms. The van der Waals surface area contributed by atoms with Gasteiger partial charge in [-0.1, -0.05) is 5.16 Å². The summed E-state index contributed by atoms with van der Waals surface area (Å²) in [6.07, 6.45) is 6.84. The number of benzene rings is 1. The summed E-state index contributed by atoms with van der Waals surface area (Å²) in [4.78, 5) is 17.3. The Kier molecular flexibility index (Phi) is 7.49. The van der Waals surface area contributed by atoms with Crippen LogP contribution in [0.3, 0.4) is 0 Å². The van der Waals surface area contributed by atoms with Crippen molar-refractivity contribution >= 4 is 12.0 Å². The van der Waals surface area contributed by atoms with Gasteiger partial charge in [0.1, 0.15) is 11.9 Å². The second-order valence-corrected chi connectivity index (χ2v) is 10.8. The number of rotatable bonds is 7. The Balaban J connectivity index is 1.01. The van der Waals surface area contributed by atoms with E-state index in [1.807, 2.05) is 6.92 Å². The molecule has 0 unspecified atom stereocenters. The monoisotopic (exact) mass is 559 g/mol. The van der Waals surface area contributed by atoms with E-state index in [2.05, 4.69) is 25.0 Å². The molecule has 3 aliphatic heterocycles. The number of nitrogens with zero attached hydrogens (tertiary/aromatic N) is 6. The summed E-state index contributed by atoms with van der Waals surface area (Å²) in [6.45, 7) is 4.99. The summed E-state index contributed by atoms with van der Waals surface area (Å²) < 4.78 is 58.7. The van der Waals surface area contributed by atoms with Crippen LogP contribution in [0, 0.1) is 23.4 Å². The summed E-state index contributed by atoms with van der Waals surface area (Å²) in [5.74, 6) is -1.74. The smallest absolute Gasteiger partial charge is 0.324 e. The van der Waals surface area contributed by atoms with Crippen molar-refractivity contribution in [3.63, 3.8) is 0 Å². The number of anilines is 2. The molecule has 0 amide bonds. The maximum Gasteiger partial charge on any atom is 0.324 e. The minimum absolute atomic E-state index is 0.0519. The Morgan fingerprint density at radius 2 is 1.75 bits per heavy atom. The Labute approximate surface area is 229 Å². The summed E-state index contributed by atoms with van der Waals surface area (Å²) in [5.41, 5.74) is 6.28. The van der Waals surface area contributed by atoms with Crippen molar-refractivity contribution in [3.05, 3.63) is 53.4 Å². The van der Waals surface area contributed by atoms with E-state index in [-0.39, 0.29) is 24.3 Å². The zero-order chi connectivity index (χ0) is 27.8. The highest BCUT2D eigenvalue weighted by atomic mass is 19.2. The second kappa shape index (κ2) is 11.2. The number of aromatic nitrogens is 4. The highest BCUT2D eigenvalue weighted by molar-refractivity contribution is 5.39. The van der Waals surface area contributed by atoms with Crippen molar-refractivity contribution in [3.8, 4) is 5.75 Å². The van der Waals surface area contributed by atoms with E-state index in [1.165, 1.54) is 0 Å². The lowest BCUT2D eigenvalue weighted by Gasteiger charge is -2.33. The predicted octanol–water partition coefficient (Wildman–Crippen LogP) is 3.74. The van der Waals surface area contributed by atoms with E-state index in [4.69, 9.17) is 19.7 Å². The topological polar surface area (TPSA) is 116 Å². The molecule has 0 spiro atoms. The van der Waals surface area contributed by atoms with E-state index in [9.17, 15) is 13.2 Å². The van der Waals surface area contributed by atoms with Crippen LogP contribution >= 0.6 is 0 Å². The fraction of sp³-hybridized carbons (Fsp3) is 0.556. The van der Waals surface area contributed by atoms with Crippen molar-refractivity contribution < 1.29 is 27.2 Å². The summed E-state index contributed by atoms with van der Waals surface area (Å²) in [7, 11) is 0. The van der Waals surface area contributed by atoms with Crippen LogP contribution in [-0.4, -0.2) is 65.0 Å². The molecule has 2 aromatic heterocycles. The first-order chi connectivity index (χ1) is 19.4. The highest BCUT2D eigenvalue weighted by Gasteiger charge is 2.35. The van der Waals surface area contributed by atoms with Gasteiger partial charge in [-0.15, -0.1) is 0 Å². The lowest BCUT2D eigenvalue weighted by Crippen LogP contribution is -2.38. The van der Waals surface area contributed by atoms with Gasteiger partial charge < -0.3 is 29.5 Å². The van der Waals surface area contributed by atoms with Gasteiger partial charge >= 0.3 is 6.01 Å². The van der Waals surface area contributed by atoms with Gasteiger partial charge in [0.15, 0.2) is 17.4 Å². The molecule has 214 valence electrons. The second-order valence-electron chi connectivity index (χ2n) is 10.8. The van der Waals surface area contributed by atoms with Gasteiger partial charge in [0, 0.05) is 50.8 Å². The summed E-state index contributed by atoms with van der Waals surface area (Å²) in [6, 6.07) is 1.49. The Morgan fingerprint density at radius 3 is 2.48 bits per heavy atom. The molecule has 1 aromatic carbocycles. The van der Waals surface area contributed by atoms with Gasteiger partial charge in [-0.2, -0.15) is 4.98 Å². The van der Waals surface area contributed by atoms with E-state index >= 15 is 0 Å². The average Bonchev–Trinajstić information content (AvgIpc) is 3.73. The first-order valence-corrected chi connectivity index (χ1v) is 13.7. The molecule has 0 aliphatic carbocycles. The molecule has 3 aliphatic rings. The lowest BCUT2D eigenvalue weighted by atomic mass is 9.92. The van der Waals surface area contributed by atoms with Gasteiger partial charge in [-0.3, -0.25) is 0 Å². The van der Waals surface area contributed by atoms with Gasteiger partial charge in [0.25, 0.3) is 0 Å². The molecule has 2 N–H and O–H groups in total. The molecule has 40 heavy (non-hydrogen) atoms. The van der Waals surface area contributed by atoms with Crippen LogP contribution in [0.4, 0.5) is 25.1 Å². The van der Waals surface area contributed by atoms with E-state index in [0.717, 1.165) is 51.4 Å². The van der Waals surface area contributed by atoms with Crippen LogP contribution in [-0.2, 0) is 4.74 Å². The van der Waals surface area contributed by atoms with Gasteiger partial charge in [-0.05, 0) is 50.2 Å². The van der Waals surface area contributed by atoms with E-state index in [1.54, 1.807) is 17.3 Å². The minimum Gasteiger partial charge on any atom is -0.487 e. The zero-order valence-electron chi connectivity index (χ0n) is 22.2. The van der Waals surface area contributed by atoms with E-state index in [0.29, 0.717) is 42.1 Å². The fourth-order valence-electron chi connectivity index (χ4n) is 5.81. The number of ether oxygens (including phenoxy) is 2. The molecular formula is C27H32F3N7O3. The molecule has 0 radical (unpaired) electrons. The van der Waals surface area contributed by atoms with Gasteiger partial charge in [-0.25, -0.2) is 23.1 Å². The van der Waals surface area contributed by atoms with Crippen LogP contribution in [0.5, 0.6) is 5.75 Å². The first-order valence-electron chi connectivity index (χ1n) is 13.7. The zero-order valence-corrected chi connectivity index (χ0v) is 22.2. The largest absolute Gasteiger partial charge is 0.487 e. The van der Waals surface area contributed by atoms with Crippen LogP contribution in [0.15, 0.2) is 29.0 Å². The van der Waals surface area contributed by atoms with Crippen LogP contribution < -0.4 is 20.3 Å². The molecule has 0 bridgehead atoms. The molecule has 3 fully saturated rings. The maximum absolute atomic E-state index is 14.3. The standard InChI is InChI=1S/C27H32F3N7O3/c1-15(16-4-6-36(7-5-16)27-34-25(35-40-27)24-3-2-8-38-24)39-17-11-32-26(33-12-17)37-13-19(23(31)14-37)18-9-21(29)22(30)10-20(18)28/h9-12,15-16,19,23-24H,2-8,13-14,31H2,1H3/t15-,19+,23-,24+/m0/s1. The Hall–Kier alpha value is -3.45. The Morgan fingerprint density at radius 1 is 1.00 bits per heavy atom. The molecule has 3 aromatic rings. The van der Waals surface area contributed by atoms with E-state index < -0.39 is 29.4 Å². The minimum atomic E-state index is -1.22. The van der Waals surface area contributed by atoms with Gasteiger partial charge in [0.05, 0.1) is 18.5 Å². The predicted molar refractivity (Wildman–Crippen MR) is 139 cm³/mol. The molecule has 5 heterocycles. The third-order valence-corrected chi connectivity index (χ3v) is 8.15. The first kappa shape index (κ1) is 26.8. The third-order valence-electron chi connectivity index (χ3n) is 8.15. The van der Waals surface area contributed by atoms with Crippen molar-refractivity contribution in [2.24, 2.45) is 11.7 Å². The summed E-state index contributed by atoms with van der Waals surface area (Å²) >= 11 is 0. The molecule has 10 nitrogen and oxygen atoms in total. The maximum atomic E-state index is 14.3. The number of piperidine rings is 1. The van der Waals surface area contributed by atoms with Gasteiger partial charge in [0.2, 0.25) is 11.8 Å². The van der Waals surface area contributed by atoms with Crippen molar-refractivity contribution in [2.45, 2.75) is 56.8 Å².